The third-order valence-electron chi connectivity index (χ3n) is 5.76. The number of fused-ring (bicyclic) bond motifs is 1. The molecule has 4 rings (SSSR count). The van der Waals surface area contributed by atoms with E-state index in [1.807, 2.05) is 29.2 Å². The number of likely N-dealkylation sites (N-methyl/N-ethyl adjacent to an activating group) is 1. The van der Waals surface area contributed by atoms with Crippen molar-refractivity contribution < 1.29 is 9.59 Å². The smallest absolute Gasteiger partial charge is 0.253 e. The Labute approximate surface area is 154 Å². The highest BCUT2D eigenvalue weighted by Crippen LogP contribution is 2.20. The first-order valence-corrected chi connectivity index (χ1v) is 9.46. The predicted octanol–water partition coefficient (Wildman–Crippen LogP) is -0.305. The molecule has 1 N–H and O–H groups in total. The Kier molecular flexibility index (Phi) is 4.82. The Balaban J connectivity index is 1.41. The largest absolute Gasteiger partial charge is 0.369 e. The number of hydrogen-bond donors (Lipinski definition) is 1. The topological polar surface area (TPSA) is 59.1 Å². The SMILES string of the molecule is CN1CCN(c2ccc(C(=O)N3CCN4CCNC(=O)C4C3)cc2)CC1. The van der Waals surface area contributed by atoms with Crippen molar-refractivity contribution in [3.05, 3.63) is 29.8 Å². The number of piperazine rings is 3. The highest BCUT2D eigenvalue weighted by atomic mass is 16.2. The lowest BCUT2D eigenvalue weighted by Crippen LogP contribution is -2.64. The predicted molar refractivity (Wildman–Crippen MR) is 100 cm³/mol. The molecule has 7 heteroatoms. The van der Waals surface area contributed by atoms with Crippen LogP contribution >= 0.6 is 0 Å². The van der Waals surface area contributed by atoms with Crippen LogP contribution in [0.3, 0.4) is 0 Å². The summed E-state index contributed by atoms with van der Waals surface area (Å²) in [6, 6.07) is 7.72. The minimum Gasteiger partial charge on any atom is -0.369 e. The van der Waals surface area contributed by atoms with Gasteiger partial charge < -0.3 is 20.0 Å². The quantitative estimate of drug-likeness (QED) is 0.787. The average Bonchev–Trinajstić information content (AvgIpc) is 2.68. The van der Waals surface area contributed by atoms with E-state index in [1.54, 1.807) is 0 Å². The Morgan fingerprint density at radius 2 is 1.73 bits per heavy atom. The van der Waals surface area contributed by atoms with Crippen LogP contribution in [0.2, 0.25) is 0 Å². The van der Waals surface area contributed by atoms with Gasteiger partial charge in [-0.1, -0.05) is 0 Å². The number of nitrogens with one attached hydrogen (secondary N) is 1. The first-order valence-electron chi connectivity index (χ1n) is 9.46. The number of hydrogen-bond acceptors (Lipinski definition) is 5. The molecule has 0 saturated carbocycles. The van der Waals surface area contributed by atoms with E-state index in [0.29, 0.717) is 25.2 Å². The highest BCUT2D eigenvalue weighted by molar-refractivity contribution is 5.95. The third kappa shape index (κ3) is 3.41. The van der Waals surface area contributed by atoms with Gasteiger partial charge in [0.15, 0.2) is 0 Å². The Morgan fingerprint density at radius 3 is 2.46 bits per heavy atom. The van der Waals surface area contributed by atoms with E-state index in [4.69, 9.17) is 0 Å². The summed E-state index contributed by atoms with van der Waals surface area (Å²) in [5.41, 5.74) is 1.87. The lowest BCUT2D eigenvalue weighted by Gasteiger charge is -2.43. The summed E-state index contributed by atoms with van der Waals surface area (Å²) in [6.45, 7) is 7.67. The van der Waals surface area contributed by atoms with Gasteiger partial charge in [-0.05, 0) is 31.3 Å². The molecule has 1 aromatic carbocycles. The first-order chi connectivity index (χ1) is 12.6. The van der Waals surface area contributed by atoms with E-state index >= 15 is 0 Å². The fraction of sp³-hybridized carbons (Fsp3) is 0.579. The number of carbonyl (C=O) groups is 2. The van der Waals surface area contributed by atoms with Crippen molar-refractivity contribution in [1.29, 1.82) is 0 Å². The van der Waals surface area contributed by atoms with Crippen LogP contribution < -0.4 is 10.2 Å². The second-order valence-corrected chi connectivity index (χ2v) is 7.43. The van der Waals surface area contributed by atoms with Crippen LogP contribution in [0.1, 0.15) is 10.4 Å². The van der Waals surface area contributed by atoms with E-state index in [2.05, 4.69) is 27.1 Å². The van der Waals surface area contributed by atoms with Gasteiger partial charge in [0.1, 0.15) is 6.04 Å². The number of benzene rings is 1. The summed E-state index contributed by atoms with van der Waals surface area (Å²) in [5, 5.41) is 2.90. The van der Waals surface area contributed by atoms with Crippen molar-refractivity contribution in [2.24, 2.45) is 0 Å². The summed E-state index contributed by atoms with van der Waals surface area (Å²) in [7, 11) is 2.14. The van der Waals surface area contributed by atoms with Crippen molar-refractivity contribution in [2.45, 2.75) is 6.04 Å². The summed E-state index contributed by atoms with van der Waals surface area (Å²) in [5.74, 6) is 0.0621. The molecule has 3 fully saturated rings. The standard InChI is InChI=1S/C19H27N5O2/c1-21-8-10-22(11-9-21)16-4-2-15(3-5-16)19(26)24-13-12-23-7-6-20-18(25)17(23)14-24/h2-5,17H,6-14H2,1H3,(H,20,25). The van der Waals surface area contributed by atoms with Crippen LogP contribution in [0.4, 0.5) is 5.69 Å². The molecule has 1 aromatic rings. The molecular weight excluding hydrogens is 330 g/mol. The Hall–Kier alpha value is -2.12. The number of nitrogens with zero attached hydrogens (tertiary/aromatic N) is 4. The zero-order valence-corrected chi connectivity index (χ0v) is 15.4. The van der Waals surface area contributed by atoms with E-state index in [1.165, 1.54) is 5.69 Å². The zero-order chi connectivity index (χ0) is 18.1. The molecule has 3 saturated heterocycles. The van der Waals surface area contributed by atoms with Crippen molar-refractivity contribution in [3.8, 4) is 0 Å². The normalized spacial score (nSPS) is 25.0. The number of amides is 2. The van der Waals surface area contributed by atoms with Crippen LogP contribution in [-0.4, -0.2) is 98.5 Å². The number of rotatable bonds is 2. The molecular formula is C19H27N5O2. The maximum absolute atomic E-state index is 12.9. The minimum absolute atomic E-state index is 0.0213. The maximum Gasteiger partial charge on any atom is 0.253 e. The van der Waals surface area contributed by atoms with Crippen LogP contribution in [0.15, 0.2) is 24.3 Å². The van der Waals surface area contributed by atoms with E-state index in [9.17, 15) is 9.59 Å². The van der Waals surface area contributed by atoms with E-state index in [-0.39, 0.29) is 17.9 Å². The lowest BCUT2D eigenvalue weighted by molar-refractivity contribution is -0.131. The molecule has 3 aliphatic rings. The Bertz CT molecular complexity index is 669. The molecule has 1 atom stereocenters. The molecule has 0 bridgehead atoms. The van der Waals surface area contributed by atoms with Crippen molar-refractivity contribution in [2.75, 3.05) is 70.9 Å². The molecule has 0 aliphatic carbocycles. The third-order valence-corrected chi connectivity index (χ3v) is 5.76. The van der Waals surface area contributed by atoms with Crippen molar-refractivity contribution in [3.63, 3.8) is 0 Å². The molecule has 0 radical (unpaired) electrons. The van der Waals surface area contributed by atoms with Crippen LogP contribution in [0.25, 0.3) is 0 Å². The van der Waals surface area contributed by atoms with E-state index < -0.39 is 0 Å². The molecule has 1 unspecified atom stereocenters. The van der Waals surface area contributed by atoms with Crippen LogP contribution in [-0.2, 0) is 4.79 Å². The fourth-order valence-corrected chi connectivity index (χ4v) is 4.02. The number of anilines is 1. The molecule has 3 aliphatic heterocycles. The summed E-state index contributed by atoms with van der Waals surface area (Å²) in [6.07, 6.45) is 0. The highest BCUT2D eigenvalue weighted by Gasteiger charge is 2.36. The lowest BCUT2D eigenvalue weighted by atomic mass is 10.1. The van der Waals surface area contributed by atoms with Crippen LogP contribution in [0.5, 0.6) is 0 Å². The van der Waals surface area contributed by atoms with E-state index in [0.717, 1.165) is 39.3 Å². The van der Waals surface area contributed by atoms with Gasteiger partial charge >= 0.3 is 0 Å². The second-order valence-electron chi connectivity index (χ2n) is 7.43. The molecule has 0 aromatic heterocycles. The molecule has 3 heterocycles. The molecule has 26 heavy (non-hydrogen) atoms. The van der Waals surface area contributed by atoms with Gasteiger partial charge in [0, 0.05) is 70.2 Å². The average molecular weight is 357 g/mol. The Morgan fingerprint density at radius 1 is 1.00 bits per heavy atom. The first kappa shape index (κ1) is 17.3. The molecule has 0 spiro atoms. The van der Waals surface area contributed by atoms with Gasteiger partial charge in [-0.2, -0.15) is 0 Å². The maximum atomic E-state index is 12.9. The van der Waals surface area contributed by atoms with Gasteiger partial charge in [-0.25, -0.2) is 0 Å². The fourth-order valence-electron chi connectivity index (χ4n) is 4.02. The minimum atomic E-state index is -0.203. The zero-order valence-electron chi connectivity index (χ0n) is 15.4. The monoisotopic (exact) mass is 357 g/mol. The summed E-state index contributed by atoms with van der Waals surface area (Å²) < 4.78 is 0. The number of carbonyl (C=O) groups excluding carboxylic acids is 2. The van der Waals surface area contributed by atoms with Crippen molar-refractivity contribution in [1.82, 2.24) is 20.0 Å². The van der Waals surface area contributed by atoms with Gasteiger partial charge in [0.25, 0.3) is 5.91 Å². The summed E-state index contributed by atoms with van der Waals surface area (Å²) >= 11 is 0. The van der Waals surface area contributed by atoms with Gasteiger partial charge in [-0.15, -0.1) is 0 Å². The van der Waals surface area contributed by atoms with Gasteiger partial charge in [-0.3, -0.25) is 14.5 Å². The summed E-state index contributed by atoms with van der Waals surface area (Å²) in [4.78, 5) is 33.6. The van der Waals surface area contributed by atoms with Gasteiger partial charge in [0.05, 0.1) is 0 Å². The second kappa shape index (κ2) is 7.25. The van der Waals surface area contributed by atoms with Crippen LogP contribution in [0, 0.1) is 0 Å². The molecule has 7 nitrogen and oxygen atoms in total. The van der Waals surface area contributed by atoms with Gasteiger partial charge in [0.2, 0.25) is 5.91 Å². The van der Waals surface area contributed by atoms with Crippen molar-refractivity contribution >= 4 is 17.5 Å². The molecule has 2 amide bonds. The molecule has 140 valence electrons.